The fourth-order valence-corrected chi connectivity index (χ4v) is 1.98. The fraction of sp³-hybridized carbons (Fsp3) is 0.0556. The molecular formula is C18H16N2O5. The Hall–Kier alpha value is -3.61. The Balaban J connectivity index is 2.14. The van der Waals surface area contributed by atoms with E-state index < -0.39 is 17.8 Å². The molecule has 25 heavy (non-hydrogen) atoms. The monoisotopic (exact) mass is 340 g/mol. The molecule has 0 bridgehead atoms. The third-order valence-electron chi connectivity index (χ3n) is 3.15. The minimum atomic E-state index is -1.24. The van der Waals surface area contributed by atoms with Crippen molar-refractivity contribution in [3.63, 3.8) is 0 Å². The number of ether oxygens (including phenoxy) is 1. The Bertz CT molecular complexity index is 812. The van der Waals surface area contributed by atoms with Crippen LogP contribution in [0.5, 0.6) is 5.75 Å². The summed E-state index contributed by atoms with van der Waals surface area (Å²) in [6.07, 6.45) is 1.59. The van der Waals surface area contributed by atoms with Crippen molar-refractivity contribution in [3.05, 3.63) is 66.2 Å². The Morgan fingerprint density at radius 1 is 0.960 bits per heavy atom. The number of benzene rings is 2. The first kappa shape index (κ1) is 17.7. The summed E-state index contributed by atoms with van der Waals surface area (Å²) in [4.78, 5) is 34.6. The van der Waals surface area contributed by atoms with Crippen molar-refractivity contribution in [2.75, 3.05) is 17.7 Å². The van der Waals surface area contributed by atoms with Gasteiger partial charge in [-0.25, -0.2) is 4.79 Å². The number of carboxylic acid groups (broad SMARTS) is 1. The second-order valence-corrected chi connectivity index (χ2v) is 4.89. The molecule has 0 aliphatic heterocycles. The number of carbonyl (C=O) groups excluding carboxylic acids is 2. The molecular weight excluding hydrogens is 324 g/mol. The van der Waals surface area contributed by atoms with Gasteiger partial charge in [0, 0.05) is 17.8 Å². The van der Waals surface area contributed by atoms with E-state index in [1.165, 1.54) is 0 Å². The van der Waals surface area contributed by atoms with Crippen LogP contribution in [0.1, 0.15) is 10.4 Å². The maximum absolute atomic E-state index is 12.4. The first-order chi connectivity index (χ1) is 12.0. The van der Waals surface area contributed by atoms with Gasteiger partial charge in [0.05, 0.1) is 18.4 Å². The van der Waals surface area contributed by atoms with Gasteiger partial charge in [-0.1, -0.05) is 12.1 Å². The van der Waals surface area contributed by atoms with E-state index >= 15 is 0 Å². The zero-order valence-electron chi connectivity index (χ0n) is 13.4. The minimum Gasteiger partial charge on any atom is -0.497 e. The van der Waals surface area contributed by atoms with Crippen LogP contribution in [0.2, 0.25) is 0 Å². The van der Waals surface area contributed by atoms with Gasteiger partial charge in [0.15, 0.2) is 0 Å². The molecule has 0 aliphatic rings. The molecule has 0 saturated heterocycles. The van der Waals surface area contributed by atoms with Crippen LogP contribution in [-0.2, 0) is 9.59 Å². The molecule has 0 fully saturated rings. The topological polar surface area (TPSA) is 105 Å². The molecule has 0 spiro atoms. The molecule has 2 rings (SSSR count). The molecule has 3 N–H and O–H groups in total. The summed E-state index contributed by atoms with van der Waals surface area (Å²) in [6, 6.07) is 13.2. The number of hydrogen-bond donors (Lipinski definition) is 3. The number of methoxy groups -OCH3 is 1. The van der Waals surface area contributed by atoms with Gasteiger partial charge in [0.25, 0.3) is 5.91 Å². The van der Waals surface area contributed by atoms with E-state index in [0.717, 1.165) is 12.2 Å². The third-order valence-corrected chi connectivity index (χ3v) is 3.15. The van der Waals surface area contributed by atoms with Crippen molar-refractivity contribution in [2.24, 2.45) is 0 Å². The number of anilines is 2. The molecule has 2 aromatic carbocycles. The summed E-state index contributed by atoms with van der Waals surface area (Å²) >= 11 is 0. The Morgan fingerprint density at radius 2 is 1.64 bits per heavy atom. The second kappa shape index (κ2) is 8.30. The van der Waals surface area contributed by atoms with Gasteiger partial charge in [-0.2, -0.15) is 0 Å². The molecule has 7 heteroatoms. The van der Waals surface area contributed by atoms with Gasteiger partial charge < -0.3 is 20.5 Å². The van der Waals surface area contributed by atoms with Crippen LogP contribution in [0.3, 0.4) is 0 Å². The van der Waals surface area contributed by atoms with Crippen molar-refractivity contribution >= 4 is 29.2 Å². The molecule has 0 unspecified atom stereocenters. The number of para-hydroxylation sites is 1. The minimum absolute atomic E-state index is 0.246. The molecule has 0 saturated carbocycles. The van der Waals surface area contributed by atoms with Crippen LogP contribution >= 0.6 is 0 Å². The number of nitrogens with one attached hydrogen (secondary N) is 2. The molecule has 2 aromatic rings. The standard InChI is InChI=1S/C18H16N2O5/c1-25-13-8-6-12(7-9-13)19-18(24)14-4-2-3-5-15(14)20-16(21)10-11-17(22)23/h2-11H,1H3,(H,19,24)(H,20,21)(H,22,23)/b11-10+. The Kier molecular flexibility index (Phi) is 5.89. The normalized spacial score (nSPS) is 10.3. The van der Waals surface area contributed by atoms with E-state index in [2.05, 4.69) is 10.6 Å². The largest absolute Gasteiger partial charge is 0.497 e. The molecule has 7 nitrogen and oxygen atoms in total. The predicted octanol–water partition coefficient (Wildman–Crippen LogP) is 2.53. The molecule has 0 heterocycles. The van der Waals surface area contributed by atoms with Crippen LogP contribution in [0.4, 0.5) is 11.4 Å². The highest BCUT2D eigenvalue weighted by atomic mass is 16.5. The molecule has 2 amide bonds. The summed E-state index contributed by atoms with van der Waals surface area (Å²) in [5.41, 5.74) is 1.08. The van der Waals surface area contributed by atoms with Crippen LogP contribution in [0.15, 0.2) is 60.7 Å². The highest BCUT2D eigenvalue weighted by molar-refractivity contribution is 6.11. The van der Waals surface area contributed by atoms with E-state index in [1.54, 1.807) is 55.6 Å². The zero-order chi connectivity index (χ0) is 18.2. The lowest BCUT2D eigenvalue weighted by Crippen LogP contribution is -2.17. The number of amides is 2. The van der Waals surface area contributed by atoms with Gasteiger partial charge in [0.1, 0.15) is 5.75 Å². The van der Waals surface area contributed by atoms with E-state index in [-0.39, 0.29) is 11.3 Å². The van der Waals surface area contributed by atoms with Gasteiger partial charge in [-0.15, -0.1) is 0 Å². The van der Waals surface area contributed by atoms with Gasteiger partial charge in [-0.3, -0.25) is 9.59 Å². The van der Waals surface area contributed by atoms with Crippen molar-refractivity contribution in [3.8, 4) is 5.75 Å². The van der Waals surface area contributed by atoms with Gasteiger partial charge in [0.2, 0.25) is 5.91 Å². The first-order valence-electron chi connectivity index (χ1n) is 7.26. The number of rotatable bonds is 6. The second-order valence-electron chi connectivity index (χ2n) is 4.89. The summed E-state index contributed by atoms with van der Waals surface area (Å²) in [6.45, 7) is 0. The van der Waals surface area contributed by atoms with Crippen molar-refractivity contribution in [1.29, 1.82) is 0 Å². The molecule has 128 valence electrons. The Morgan fingerprint density at radius 3 is 2.28 bits per heavy atom. The lowest BCUT2D eigenvalue weighted by atomic mass is 10.1. The van der Waals surface area contributed by atoms with E-state index in [0.29, 0.717) is 11.4 Å². The third kappa shape index (κ3) is 5.21. The van der Waals surface area contributed by atoms with E-state index in [1.807, 2.05) is 0 Å². The van der Waals surface area contributed by atoms with Crippen molar-refractivity contribution in [2.45, 2.75) is 0 Å². The zero-order valence-corrected chi connectivity index (χ0v) is 13.4. The van der Waals surface area contributed by atoms with Gasteiger partial charge >= 0.3 is 5.97 Å². The molecule has 0 radical (unpaired) electrons. The van der Waals surface area contributed by atoms with Crippen molar-refractivity contribution < 1.29 is 24.2 Å². The summed E-state index contributed by atoms with van der Waals surface area (Å²) in [5, 5.41) is 13.7. The molecule has 0 atom stereocenters. The van der Waals surface area contributed by atoms with Crippen LogP contribution in [-0.4, -0.2) is 30.0 Å². The highest BCUT2D eigenvalue weighted by Gasteiger charge is 2.12. The maximum atomic E-state index is 12.4. The number of carboxylic acids is 1. The number of carbonyl (C=O) groups is 3. The summed E-state index contributed by atoms with van der Waals surface area (Å²) < 4.78 is 5.05. The van der Waals surface area contributed by atoms with Crippen LogP contribution < -0.4 is 15.4 Å². The SMILES string of the molecule is COc1ccc(NC(=O)c2ccccc2NC(=O)/C=C/C(=O)O)cc1. The number of hydrogen-bond acceptors (Lipinski definition) is 4. The average molecular weight is 340 g/mol. The smallest absolute Gasteiger partial charge is 0.328 e. The Labute approximate surface area is 143 Å². The highest BCUT2D eigenvalue weighted by Crippen LogP contribution is 2.19. The fourth-order valence-electron chi connectivity index (χ4n) is 1.98. The molecule has 0 aromatic heterocycles. The van der Waals surface area contributed by atoms with Crippen molar-refractivity contribution in [1.82, 2.24) is 0 Å². The summed E-state index contributed by atoms with van der Waals surface area (Å²) in [5.74, 6) is -1.63. The first-order valence-corrected chi connectivity index (χ1v) is 7.26. The quantitative estimate of drug-likeness (QED) is 0.701. The van der Waals surface area contributed by atoms with Gasteiger partial charge in [-0.05, 0) is 36.4 Å². The van der Waals surface area contributed by atoms with E-state index in [9.17, 15) is 14.4 Å². The maximum Gasteiger partial charge on any atom is 0.328 e. The van der Waals surface area contributed by atoms with E-state index in [4.69, 9.17) is 9.84 Å². The molecule has 0 aliphatic carbocycles. The lowest BCUT2D eigenvalue weighted by Gasteiger charge is -2.11. The average Bonchev–Trinajstić information content (AvgIpc) is 2.61. The van der Waals surface area contributed by atoms with Crippen LogP contribution in [0.25, 0.3) is 0 Å². The van der Waals surface area contributed by atoms with Crippen LogP contribution in [0, 0.1) is 0 Å². The lowest BCUT2D eigenvalue weighted by molar-refractivity contribution is -0.131. The summed E-state index contributed by atoms with van der Waals surface area (Å²) in [7, 11) is 1.55. The number of aliphatic carboxylic acids is 1. The predicted molar refractivity (Wildman–Crippen MR) is 92.8 cm³/mol.